The Labute approximate surface area is 120 Å². The number of amides is 3. The molecule has 0 aliphatic heterocycles. The lowest BCUT2D eigenvalue weighted by Gasteiger charge is -2.10. The molecule has 0 spiro atoms. The number of carbonyl (C=O) groups excluding carboxylic acids is 2. The van der Waals surface area contributed by atoms with Gasteiger partial charge in [-0.1, -0.05) is 6.07 Å². The molecule has 0 atom stereocenters. The minimum Gasteiger partial charge on any atom is -0.480 e. The van der Waals surface area contributed by atoms with Crippen molar-refractivity contribution in [2.45, 2.75) is 6.92 Å². The van der Waals surface area contributed by atoms with Crippen LogP contribution in [0.15, 0.2) is 18.2 Å². The predicted molar refractivity (Wildman–Crippen MR) is 73.6 cm³/mol. The minimum atomic E-state index is -1.17. The second-order valence-corrected chi connectivity index (χ2v) is 4.12. The lowest BCUT2D eigenvalue weighted by atomic mass is 10.1. The highest BCUT2D eigenvalue weighted by atomic mass is 16.4. The van der Waals surface area contributed by atoms with E-state index in [4.69, 9.17) is 10.4 Å². The number of carboxylic acids is 1. The average Bonchev–Trinajstić information content (AvgIpc) is 2.45. The third-order valence-electron chi connectivity index (χ3n) is 2.46. The van der Waals surface area contributed by atoms with Crippen LogP contribution in [0.25, 0.3) is 0 Å². The van der Waals surface area contributed by atoms with E-state index in [1.807, 2.05) is 6.07 Å². The van der Waals surface area contributed by atoms with Gasteiger partial charge in [-0.15, -0.1) is 0 Å². The summed E-state index contributed by atoms with van der Waals surface area (Å²) in [4.78, 5) is 33.1. The summed E-state index contributed by atoms with van der Waals surface area (Å²) in [6.45, 7) is 0.901. The molecule has 0 bridgehead atoms. The van der Waals surface area contributed by atoms with Gasteiger partial charge < -0.3 is 21.1 Å². The molecule has 0 unspecified atom stereocenters. The molecule has 1 rings (SSSR count). The average molecular weight is 290 g/mol. The first-order chi connectivity index (χ1) is 9.92. The van der Waals surface area contributed by atoms with E-state index in [2.05, 4.69) is 16.0 Å². The van der Waals surface area contributed by atoms with Gasteiger partial charge in [0.15, 0.2) is 0 Å². The van der Waals surface area contributed by atoms with Gasteiger partial charge in [0, 0.05) is 5.69 Å². The van der Waals surface area contributed by atoms with Crippen LogP contribution in [-0.4, -0.2) is 36.1 Å². The molecule has 0 fully saturated rings. The molecule has 1 aromatic rings. The van der Waals surface area contributed by atoms with Crippen LogP contribution in [-0.2, 0) is 9.59 Å². The zero-order valence-electron chi connectivity index (χ0n) is 11.3. The fraction of sp³-hybridized carbons (Fsp3) is 0.231. The molecule has 3 amide bonds. The van der Waals surface area contributed by atoms with Crippen LogP contribution in [0.3, 0.4) is 0 Å². The van der Waals surface area contributed by atoms with Crippen molar-refractivity contribution in [1.82, 2.24) is 10.6 Å². The maximum Gasteiger partial charge on any atom is 0.322 e. The van der Waals surface area contributed by atoms with Crippen molar-refractivity contribution in [2.24, 2.45) is 0 Å². The van der Waals surface area contributed by atoms with E-state index in [1.165, 1.54) is 6.07 Å². The van der Waals surface area contributed by atoms with Crippen LogP contribution in [0.2, 0.25) is 0 Å². The molecule has 8 heteroatoms. The number of nitriles is 1. The zero-order valence-corrected chi connectivity index (χ0v) is 11.3. The van der Waals surface area contributed by atoms with Crippen LogP contribution < -0.4 is 16.0 Å². The van der Waals surface area contributed by atoms with Crippen molar-refractivity contribution in [3.63, 3.8) is 0 Å². The van der Waals surface area contributed by atoms with Gasteiger partial charge in [0.1, 0.15) is 6.54 Å². The quantitative estimate of drug-likeness (QED) is 0.614. The predicted octanol–water partition coefficient (Wildman–Crippen LogP) is 0.189. The molecular weight excluding hydrogens is 276 g/mol. The molecule has 0 aliphatic rings. The van der Waals surface area contributed by atoms with E-state index >= 15 is 0 Å². The second kappa shape index (κ2) is 7.49. The summed E-state index contributed by atoms with van der Waals surface area (Å²) < 4.78 is 0. The number of nitrogens with one attached hydrogen (secondary N) is 3. The molecule has 110 valence electrons. The topological polar surface area (TPSA) is 131 Å². The van der Waals surface area contributed by atoms with Crippen molar-refractivity contribution >= 4 is 23.6 Å². The van der Waals surface area contributed by atoms with Gasteiger partial charge in [0.05, 0.1) is 18.2 Å². The lowest BCUT2D eigenvalue weighted by molar-refractivity contribution is -0.137. The fourth-order valence-electron chi connectivity index (χ4n) is 1.39. The first-order valence-corrected chi connectivity index (χ1v) is 5.96. The number of hydrogen-bond donors (Lipinski definition) is 4. The van der Waals surface area contributed by atoms with E-state index in [1.54, 1.807) is 19.1 Å². The number of benzene rings is 1. The van der Waals surface area contributed by atoms with Gasteiger partial charge in [-0.2, -0.15) is 5.26 Å². The number of rotatable bonds is 5. The van der Waals surface area contributed by atoms with Crippen molar-refractivity contribution in [3.05, 3.63) is 29.3 Å². The molecule has 1 aromatic carbocycles. The van der Waals surface area contributed by atoms with Crippen molar-refractivity contribution < 1.29 is 19.5 Å². The molecule has 0 saturated carbocycles. The van der Waals surface area contributed by atoms with Gasteiger partial charge >= 0.3 is 12.0 Å². The van der Waals surface area contributed by atoms with Crippen molar-refractivity contribution in [1.29, 1.82) is 5.26 Å². The van der Waals surface area contributed by atoms with Gasteiger partial charge in [0.25, 0.3) is 0 Å². The lowest BCUT2D eigenvalue weighted by Crippen LogP contribution is -2.40. The van der Waals surface area contributed by atoms with E-state index in [-0.39, 0.29) is 6.54 Å². The normalized spacial score (nSPS) is 9.33. The molecule has 8 nitrogen and oxygen atoms in total. The first kappa shape index (κ1) is 16.0. The van der Waals surface area contributed by atoms with E-state index in [0.717, 1.165) is 5.56 Å². The van der Waals surface area contributed by atoms with Crippen LogP contribution >= 0.6 is 0 Å². The Morgan fingerprint density at radius 3 is 2.57 bits per heavy atom. The Morgan fingerprint density at radius 1 is 1.24 bits per heavy atom. The Morgan fingerprint density at radius 2 is 1.95 bits per heavy atom. The number of urea groups is 1. The molecule has 0 aromatic heterocycles. The van der Waals surface area contributed by atoms with Crippen molar-refractivity contribution in [3.8, 4) is 6.07 Å². The Kier molecular flexibility index (Phi) is 5.70. The molecular formula is C13H14N4O4. The third kappa shape index (κ3) is 5.61. The highest BCUT2D eigenvalue weighted by Crippen LogP contribution is 2.16. The van der Waals surface area contributed by atoms with Gasteiger partial charge in [-0.3, -0.25) is 9.59 Å². The monoisotopic (exact) mass is 290 g/mol. The van der Waals surface area contributed by atoms with Crippen LogP contribution in [0, 0.1) is 18.3 Å². The molecule has 0 heterocycles. The highest BCUT2D eigenvalue weighted by Gasteiger charge is 2.08. The van der Waals surface area contributed by atoms with Crippen LogP contribution in [0.5, 0.6) is 0 Å². The standard InChI is InChI=1S/C13H14N4O4/c1-8-2-3-9(5-14)4-10(8)17-13(21)16-6-11(18)15-7-12(19)20/h2-4H,6-7H2,1H3,(H,15,18)(H,19,20)(H2,16,17,21). The smallest absolute Gasteiger partial charge is 0.322 e. The number of aliphatic carboxylic acids is 1. The maximum atomic E-state index is 11.6. The number of carbonyl (C=O) groups is 3. The summed E-state index contributed by atoms with van der Waals surface area (Å²) in [5, 5.41) is 24.1. The van der Waals surface area contributed by atoms with E-state index < -0.39 is 24.5 Å². The molecule has 0 aliphatic carbocycles. The highest BCUT2D eigenvalue weighted by molar-refractivity contribution is 5.93. The summed E-state index contributed by atoms with van der Waals surface area (Å²) in [7, 11) is 0. The Bertz CT molecular complexity index is 607. The zero-order chi connectivity index (χ0) is 15.8. The molecule has 4 N–H and O–H groups in total. The number of nitrogens with zero attached hydrogens (tertiary/aromatic N) is 1. The van der Waals surface area contributed by atoms with Crippen molar-refractivity contribution in [2.75, 3.05) is 18.4 Å². The Balaban J connectivity index is 2.49. The second-order valence-electron chi connectivity index (χ2n) is 4.12. The number of carboxylic acid groups (broad SMARTS) is 1. The summed E-state index contributed by atoms with van der Waals surface area (Å²) >= 11 is 0. The fourth-order valence-corrected chi connectivity index (χ4v) is 1.39. The molecule has 21 heavy (non-hydrogen) atoms. The first-order valence-electron chi connectivity index (χ1n) is 5.96. The maximum absolute atomic E-state index is 11.6. The number of hydrogen-bond acceptors (Lipinski definition) is 4. The molecule has 0 radical (unpaired) electrons. The van der Waals surface area contributed by atoms with E-state index in [0.29, 0.717) is 11.3 Å². The van der Waals surface area contributed by atoms with Crippen LogP contribution in [0.4, 0.5) is 10.5 Å². The summed E-state index contributed by atoms with van der Waals surface area (Å²) in [6, 6.07) is 6.15. The van der Waals surface area contributed by atoms with Gasteiger partial charge in [0.2, 0.25) is 5.91 Å². The van der Waals surface area contributed by atoms with Crippen LogP contribution in [0.1, 0.15) is 11.1 Å². The largest absolute Gasteiger partial charge is 0.480 e. The SMILES string of the molecule is Cc1ccc(C#N)cc1NC(=O)NCC(=O)NCC(=O)O. The molecule has 0 saturated heterocycles. The minimum absolute atomic E-state index is 0.351. The van der Waals surface area contributed by atoms with Gasteiger partial charge in [-0.25, -0.2) is 4.79 Å². The Hall–Kier alpha value is -3.08. The number of aryl methyl sites for hydroxylation is 1. The third-order valence-corrected chi connectivity index (χ3v) is 2.46. The summed E-state index contributed by atoms with van der Waals surface area (Å²) in [5.74, 6) is -1.79. The summed E-state index contributed by atoms with van der Waals surface area (Å²) in [5.41, 5.74) is 1.62. The van der Waals surface area contributed by atoms with E-state index in [9.17, 15) is 14.4 Å². The number of anilines is 1. The summed E-state index contributed by atoms with van der Waals surface area (Å²) in [6.07, 6.45) is 0. The van der Waals surface area contributed by atoms with Gasteiger partial charge in [-0.05, 0) is 24.6 Å².